The van der Waals surface area contributed by atoms with Crippen LogP contribution in [-0.4, -0.2) is 20.3 Å². The number of rotatable bonds is 3. The summed E-state index contributed by atoms with van der Waals surface area (Å²) in [6, 6.07) is 16.4. The molecule has 0 radical (unpaired) electrons. The van der Waals surface area contributed by atoms with Gasteiger partial charge in [0.1, 0.15) is 0 Å². The molecule has 0 fully saturated rings. The minimum Gasteiger partial charge on any atom is -0.287 e. The smallest absolute Gasteiger partial charge is 0.234 e. The number of fused-ring (bicyclic) bond motifs is 1. The molecule has 25 heavy (non-hydrogen) atoms. The van der Waals surface area contributed by atoms with Gasteiger partial charge in [0.25, 0.3) is 0 Å². The van der Waals surface area contributed by atoms with E-state index in [1.54, 1.807) is 35.2 Å². The summed E-state index contributed by atoms with van der Waals surface area (Å²) in [6.07, 6.45) is 3.30. The highest BCUT2D eigenvalue weighted by Crippen LogP contribution is 2.28. The lowest BCUT2D eigenvalue weighted by atomic mass is 10.1. The number of aromatic nitrogens is 3. The predicted octanol–water partition coefficient (Wildman–Crippen LogP) is 5.07. The van der Waals surface area contributed by atoms with Crippen LogP contribution in [0.15, 0.2) is 71.5 Å². The van der Waals surface area contributed by atoms with Crippen molar-refractivity contribution in [1.29, 1.82) is 0 Å². The summed E-state index contributed by atoms with van der Waals surface area (Å²) in [5.41, 5.74) is 1.88. The van der Waals surface area contributed by atoms with Crippen molar-refractivity contribution in [3.8, 4) is 5.95 Å². The molecule has 0 amide bonds. The number of hydrogen-bond donors (Lipinski definition) is 0. The molecule has 4 rings (SSSR count). The maximum Gasteiger partial charge on any atom is 0.234 e. The van der Waals surface area contributed by atoms with Gasteiger partial charge in [0, 0.05) is 32.8 Å². The van der Waals surface area contributed by atoms with Crippen LogP contribution < -0.4 is 0 Å². The third-order valence-corrected chi connectivity index (χ3v) is 4.79. The van der Waals surface area contributed by atoms with Gasteiger partial charge in [-0.2, -0.15) is 0 Å². The summed E-state index contributed by atoms with van der Waals surface area (Å²) in [4.78, 5) is 21.8. The molecule has 0 atom stereocenters. The zero-order chi connectivity index (χ0) is 17.4. The first kappa shape index (κ1) is 16.0. The minimum atomic E-state index is -0.118. The van der Waals surface area contributed by atoms with Crippen molar-refractivity contribution < 1.29 is 4.79 Å². The second-order valence-corrected chi connectivity index (χ2v) is 6.72. The topological polar surface area (TPSA) is 47.8 Å². The summed E-state index contributed by atoms with van der Waals surface area (Å²) in [5, 5.41) is 1.47. The maximum absolute atomic E-state index is 13.2. The van der Waals surface area contributed by atoms with Crippen molar-refractivity contribution in [2.45, 2.75) is 0 Å². The fourth-order valence-corrected chi connectivity index (χ4v) is 3.40. The molecular formula is C19H11BrClN3O. The first-order valence-electron chi connectivity index (χ1n) is 7.53. The third kappa shape index (κ3) is 2.86. The molecule has 4 aromatic rings. The van der Waals surface area contributed by atoms with Crippen molar-refractivity contribution in [2.75, 3.05) is 0 Å². The van der Waals surface area contributed by atoms with Crippen LogP contribution in [0.2, 0.25) is 5.02 Å². The van der Waals surface area contributed by atoms with Gasteiger partial charge in [0.2, 0.25) is 11.7 Å². The van der Waals surface area contributed by atoms with E-state index in [0.29, 0.717) is 22.2 Å². The summed E-state index contributed by atoms with van der Waals surface area (Å²) in [7, 11) is 0. The fraction of sp³-hybridized carbons (Fsp3) is 0. The molecule has 0 aliphatic rings. The van der Waals surface area contributed by atoms with E-state index in [9.17, 15) is 4.79 Å². The van der Waals surface area contributed by atoms with Gasteiger partial charge in [0.05, 0.1) is 11.2 Å². The van der Waals surface area contributed by atoms with E-state index in [2.05, 4.69) is 25.9 Å². The number of halogens is 2. The first-order valence-corrected chi connectivity index (χ1v) is 8.70. The largest absolute Gasteiger partial charge is 0.287 e. The summed E-state index contributed by atoms with van der Waals surface area (Å²) in [6.45, 7) is 0. The number of hydrogen-bond acceptors (Lipinski definition) is 3. The molecule has 0 spiro atoms. The van der Waals surface area contributed by atoms with Gasteiger partial charge in [-0.05, 0) is 42.5 Å². The molecule has 0 bridgehead atoms. The SMILES string of the molecule is O=C(c1ccccc1Br)c1cc2cc(Cl)ccc2n1-c1ncccn1. The van der Waals surface area contributed by atoms with E-state index < -0.39 is 0 Å². The normalized spacial score (nSPS) is 11.0. The van der Waals surface area contributed by atoms with Crippen LogP contribution in [-0.2, 0) is 0 Å². The number of ketones is 1. The molecule has 0 aliphatic heterocycles. The van der Waals surface area contributed by atoms with Gasteiger partial charge in [-0.25, -0.2) is 9.97 Å². The lowest BCUT2D eigenvalue weighted by molar-refractivity contribution is 0.103. The Hall–Kier alpha value is -2.50. The number of nitrogens with zero attached hydrogens (tertiary/aromatic N) is 3. The van der Waals surface area contributed by atoms with E-state index in [0.717, 1.165) is 15.4 Å². The second kappa shape index (κ2) is 6.43. The van der Waals surface area contributed by atoms with Crippen LogP contribution in [0.1, 0.15) is 16.1 Å². The van der Waals surface area contributed by atoms with Crippen LogP contribution in [0.3, 0.4) is 0 Å². The minimum absolute atomic E-state index is 0.118. The summed E-state index contributed by atoms with van der Waals surface area (Å²) >= 11 is 9.56. The second-order valence-electron chi connectivity index (χ2n) is 5.43. The van der Waals surface area contributed by atoms with E-state index in [1.165, 1.54) is 0 Å². The van der Waals surface area contributed by atoms with Crippen molar-refractivity contribution in [1.82, 2.24) is 14.5 Å². The molecular weight excluding hydrogens is 402 g/mol. The van der Waals surface area contributed by atoms with Gasteiger partial charge >= 0.3 is 0 Å². The monoisotopic (exact) mass is 411 g/mol. The van der Waals surface area contributed by atoms with E-state index >= 15 is 0 Å². The molecule has 0 saturated heterocycles. The Morgan fingerprint density at radius 3 is 2.52 bits per heavy atom. The number of benzene rings is 2. The zero-order valence-corrected chi connectivity index (χ0v) is 15.2. The van der Waals surface area contributed by atoms with E-state index in [-0.39, 0.29) is 5.78 Å². The lowest BCUT2D eigenvalue weighted by Crippen LogP contribution is -2.11. The molecule has 6 heteroatoms. The van der Waals surface area contributed by atoms with E-state index in [4.69, 9.17) is 11.6 Å². The van der Waals surface area contributed by atoms with Gasteiger partial charge in [-0.3, -0.25) is 9.36 Å². The van der Waals surface area contributed by atoms with Crippen molar-refractivity contribution >= 4 is 44.2 Å². The Labute approximate surface area is 157 Å². The van der Waals surface area contributed by atoms with Crippen LogP contribution in [0.25, 0.3) is 16.9 Å². The molecule has 0 saturated carbocycles. The highest BCUT2D eigenvalue weighted by Gasteiger charge is 2.21. The Kier molecular flexibility index (Phi) is 4.11. The Morgan fingerprint density at radius 1 is 1.00 bits per heavy atom. The van der Waals surface area contributed by atoms with E-state index in [1.807, 2.05) is 36.4 Å². The molecule has 2 aromatic heterocycles. The third-order valence-electron chi connectivity index (χ3n) is 3.87. The molecule has 2 aromatic carbocycles. The Bertz CT molecular complexity index is 1090. The zero-order valence-electron chi connectivity index (χ0n) is 12.9. The van der Waals surface area contributed by atoms with Gasteiger partial charge in [0.15, 0.2) is 0 Å². The molecule has 0 aliphatic carbocycles. The van der Waals surface area contributed by atoms with Crippen LogP contribution in [0.4, 0.5) is 0 Å². The molecule has 2 heterocycles. The molecule has 0 unspecified atom stereocenters. The van der Waals surface area contributed by atoms with Gasteiger partial charge in [-0.15, -0.1) is 0 Å². The van der Waals surface area contributed by atoms with Crippen molar-refractivity contribution in [2.24, 2.45) is 0 Å². The first-order chi connectivity index (χ1) is 12.1. The average Bonchev–Trinajstić information content (AvgIpc) is 3.00. The highest BCUT2D eigenvalue weighted by atomic mass is 79.9. The van der Waals surface area contributed by atoms with Gasteiger partial charge in [-0.1, -0.05) is 39.7 Å². The quantitative estimate of drug-likeness (QED) is 0.442. The fourth-order valence-electron chi connectivity index (χ4n) is 2.76. The van der Waals surface area contributed by atoms with Crippen LogP contribution >= 0.6 is 27.5 Å². The predicted molar refractivity (Wildman–Crippen MR) is 101 cm³/mol. The van der Waals surface area contributed by atoms with Crippen LogP contribution in [0, 0.1) is 0 Å². The molecule has 4 nitrogen and oxygen atoms in total. The number of carbonyl (C=O) groups excluding carboxylic acids is 1. The lowest BCUT2D eigenvalue weighted by Gasteiger charge is -2.09. The molecule has 0 N–H and O–H groups in total. The Balaban J connectivity index is 2.00. The van der Waals surface area contributed by atoms with Crippen molar-refractivity contribution in [3.05, 3.63) is 87.7 Å². The Morgan fingerprint density at radius 2 is 1.76 bits per heavy atom. The average molecular weight is 413 g/mol. The maximum atomic E-state index is 13.2. The highest BCUT2D eigenvalue weighted by molar-refractivity contribution is 9.10. The molecule has 122 valence electrons. The summed E-state index contributed by atoms with van der Waals surface area (Å²) < 4.78 is 2.50. The van der Waals surface area contributed by atoms with Gasteiger partial charge < -0.3 is 0 Å². The standard InChI is InChI=1S/C19H11BrClN3O/c20-15-5-2-1-4-14(15)18(25)17-11-12-10-13(21)6-7-16(12)24(17)19-22-8-3-9-23-19/h1-11H. The van der Waals surface area contributed by atoms with Crippen molar-refractivity contribution in [3.63, 3.8) is 0 Å². The van der Waals surface area contributed by atoms with Crippen LogP contribution in [0.5, 0.6) is 0 Å². The number of carbonyl (C=O) groups is 1. The summed E-state index contributed by atoms with van der Waals surface area (Å²) in [5.74, 6) is 0.322.